The smallest absolute Gasteiger partial charge is 0.307 e. The highest BCUT2D eigenvalue weighted by molar-refractivity contribution is 6.05. The first-order valence-corrected chi connectivity index (χ1v) is 7.69. The number of carbonyl (C=O) groups is 3. The zero-order chi connectivity index (χ0) is 16.2. The van der Waals surface area contributed by atoms with E-state index in [9.17, 15) is 14.4 Å². The van der Waals surface area contributed by atoms with Crippen molar-refractivity contribution in [3.8, 4) is 0 Å². The summed E-state index contributed by atoms with van der Waals surface area (Å²) in [6.07, 6.45) is 1.66. The van der Waals surface area contributed by atoms with Crippen molar-refractivity contribution >= 4 is 17.8 Å². The normalized spacial score (nSPS) is 20.7. The van der Waals surface area contributed by atoms with E-state index in [-0.39, 0.29) is 30.8 Å². The Kier molecular flexibility index (Phi) is 6.33. The van der Waals surface area contributed by atoms with Crippen molar-refractivity contribution < 1.29 is 19.5 Å². The van der Waals surface area contributed by atoms with Crippen LogP contribution >= 0.6 is 0 Å². The van der Waals surface area contributed by atoms with Crippen LogP contribution in [0.3, 0.4) is 0 Å². The molecule has 21 heavy (non-hydrogen) atoms. The quantitative estimate of drug-likeness (QED) is 0.684. The number of rotatable bonds is 8. The molecule has 2 atom stereocenters. The fraction of sp³-hybridized carbons (Fsp3) is 0.800. The molecule has 2 unspecified atom stereocenters. The maximum atomic E-state index is 12.5. The second-order valence-corrected chi connectivity index (χ2v) is 5.62. The summed E-state index contributed by atoms with van der Waals surface area (Å²) >= 11 is 0. The Bertz CT molecular complexity index is 406. The first-order valence-electron chi connectivity index (χ1n) is 7.69. The zero-order valence-electron chi connectivity index (χ0n) is 13.3. The van der Waals surface area contributed by atoms with Crippen LogP contribution in [0.25, 0.3) is 0 Å². The van der Waals surface area contributed by atoms with E-state index in [0.717, 1.165) is 12.8 Å². The van der Waals surface area contributed by atoms with Crippen LogP contribution in [0, 0.1) is 5.92 Å². The average molecular weight is 298 g/mol. The van der Waals surface area contributed by atoms with Crippen LogP contribution in [0.5, 0.6) is 0 Å². The third-order valence-electron chi connectivity index (χ3n) is 4.24. The van der Waals surface area contributed by atoms with Gasteiger partial charge in [-0.05, 0) is 19.4 Å². The van der Waals surface area contributed by atoms with Crippen LogP contribution in [0.2, 0.25) is 0 Å². The molecule has 0 spiro atoms. The number of hydrogen-bond donors (Lipinski definition) is 1. The summed E-state index contributed by atoms with van der Waals surface area (Å²) in [4.78, 5) is 38.9. The second-order valence-electron chi connectivity index (χ2n) is 5.62. The molecule has 1 saturated heterocycles. The summed E-state index contributed by atoms with van der Waals surface area (Å²) in [6, 6.07) is -0.560. The van der Waals surface area contributed by atoms with E-state index in [1.165, 1.54) is 4.90 Å². The van der Waals surface area contributed by atoms with Crippen molar-refractivity contribution in [1.82, 2.24) is 9.80 Å². The fourth-order valence-corrected chi connectivity index (χ4v) is 2.86. The van der Waals surface area contributed by atoms with Gasteiger partial charge in [0.25, 0.3) is 0 Å². The molecule has 0 bridgehead atoms. The van der Waals surface area contributed by atoms with Crippen LogP contribution in [0.4, 0.5) is 0 Å². The van der Waals surface area contributed by atoms with Crippen molar-refractivity contribution in [2.75, 3.05) is 13.1 Å². The summed E-state index contributed by atoms with van der Waals surface area (Å²) in [5, 5.41) is 9.01. The summed E-state index contributed by atoms with van der Waals surface area (Å²) in [5.74, 6) is -1.76. The predicted molar refractivity (Wildman–Crippen MR) is 78.7 cm³/mol. The summed E-state index contributed by atoms with van der Waals surface area (Å²) in [7, 11) is 0. The number of nitrogens with zero attached hydrogens (tertiary/aromatic N) is 2. The molecule has 6 heteroatoms. The number of likely N-dealkylation sites (N-methyl/N-ethyl adjacent to an activating group) is 1. The van der Waals surface area contributed by atoms with Gasteiger partial charge in [-0.2, -0.15) is 0 Å². The molecule has 0 aromatic heterocycles. The summed E-state index contributed by atoms with van der Waals surface area (Å²) < 4.78 is 0. The van der Waals surface area contributed by atoms with Gasteiger partial charge in [0.05, 0.1) is 18.4 Å². The Balaban J connectivity index is 2.86. The Morgan fingerprint density at radius 3 is 2.33 bits per heavy atom. The first-order chi connectivity index (χ1) is 9.87. The molecule has 0 aromatic rings. The highest BCUT2D eigenvalue weighted by Gasteiger charge is 2.44. The monoisotopic (exact) mass is 298 g/mol. The van der Waals surface area contributed by atoms with Crippen LogP contribution in [0.15, 0.2) is 0 Å². The van der Waals surface area contributed by atoms with Gasteiger partial charge in [-0.15, -0.1) is 0 Å². The number of carboxylic acids is 1. The van der Waals surface area contributed by atoms with Gasteiger partial charge in [0.2, 0.25) is 11.8 Å². The number of carbonyl (C=O) groups excluding carboxylic acids is 2. The van der Waals surface area contributed by atoms with E-state index in [1.807, 2.05) is 20.8 Å². The lowest BCUT2D eigenvalue weighted by Gasteiger charge is -2.29. The van der Waals surface area contributed by atoms with Gasteiger partial charge in [-0.1, -0.05) is 27.7 Å². The molecule has 1 heterocycles. The second kappa shape index (κ2) is 7.54. The molecule has 6 nitrogen and oxygen atoms in total. The molecule has 2 amide bonds. The molecule has 0 aromatic carbocycles. The third-order valence-corrected chi connectivity index (χ3v) is 4.24. The Morgan fingerprint density at radius 1 is 1.33 bits per heavy atom. The van der Waals surface area contributed by atoms with Crippen LogP contribution in [0.1, 0.15) is 47.0 Å². The molecule has 1 aliphatic rings. The number of amides is 2. The lowest BCUT2D eigenvalue weighted by Crippen LogP contribution is -2.47. The Hall–Kier alpha value is -1.43. The van der Waals surface area contributed by atoms with Crippen LogP contribution in [-0.2, 0) is 14.4 Å². The number of hydrogen-bond acceptors (Lipinski definition) is 4. The molecular weight excluding hydrogens is 272 g/mol. The molecule has 1 fully saturated rings. The maximum absolute atomic E-state index is 12.5. The zero-order valence-corrected chi connectivity index (χ0v) is 13.3. The standard InChI is InChI=1S/C15H26N2O4/c1-5-11(6-2)17-13(18)8-12(14(17)19)16(7-3)9-10(4)15(20)21/h10-12H,5-9H2,1-4H3,(H,20,21). The number of likely N-dealkylation sites (tertiary alicyclic amines) is 1. The minimum atomic E-state index is -0.887. The summed E-state index contributed by atoms with van der Waals surface area (Å²) in [5.41, 5.74) is 0. The summed E-state index contributed by atoms with van der Waals surface area (Å²) in [6.45, 7) is 8.26. The minimum Gasteiger partial charge on any atom is -0.481 e. The molecule has 120 valence electrons. The largest absolute Gasteiger partial charge is 0.481 e. The Morgan fingerprint density at radius 2 is 1.90 bits per heavy atom. The van der Waals surface area contributed by atoms with E-state index >= 15 is 0 Å². The number of imide groups is 1. The Labute approximate surface area is 126 Å². The van der Waals surface area contributed by atoms with Crippen molar-refractivity contribution in [3.63, 3.8) is 0 Å². The van der Waals surface area contributed by atoms with Gasteiger partial charge < -0.3 is 5.11 Å². The van der Waals surface area contributed by atoms with Gasteiger partial charge in [-0.3, -0.25) is 24.2 Å². The minimum absolute atomic E-state index is 0.0504. The first kappa shape index (κ1) is 17.6. The fourth-order valence-electron chi connectivity index (χ4n) is 2.86. The highest BCUT2D eigenvalue weighted by Crippen LogP contribution is 2.24. The number of carboxylic acid groups (broad SMARTS) is 1. The van der Waals surface area contributed by atoms with Crippen molar-refractivity contribution in [3.05, 3.63) is 0 Å². The van der Waals surface area contributed by atoms with E-state index in [0.29, 0.717) is 6.54 Å². The van der Waals surface area contributed by atoms with Crippen molar-refractivity contribution in [2.24, 2.45) is 5.92 Å². The lowest BCUT2D eigenvalue weighted by atomic mass is 10.1. The van der Waals surface area contributed by atoms with Crippen molar-refractivity contribution in [2.45, 2.75) is 59.0 Å². The van der Waals surface area contributed by atoms with Gasteiger partial charge in [0.1, 0.15) is 0 Å². The van der Waals surface area contributed by atoms with Crippen LogP contribution in [-0.4, -0.2) is 57.9 Å². The van der Waals surface area contributed by atoms with Gasteiger partial charge in [0.15, 0.2) is 0 Å². The number of aliphatic carboxylic acids is 1. The topological polar surface area (TPSA) is 77.9 Å². The molecule has 0 saturated carbocycles. The van der Waals surface area contributed by atoms with Gasteiger partial charge >= 0.3 is 5.97 Å². The molecule has 1 N–H and O–H groups in total. The SMILES string of the molecule is CCC(CC)N1C(=O)CC(N(CC)CC(C)C(=O)O)C1=O. The lowest BCUT2D eigenvalue weighted by molar-refractivity contribution is -0.145. The molecular formula is C15H26N2O4. The van der Waals surface area contributed by atoms with Gasteiger partial charge in [0, 0.05) is 12.6 Å². The van der Waals surface area contributed by atoms with E-state index in [4.69, 9.17) is 5.11 Å². The van der Waals surface area contributed by atoms with Gasteiger partial charge in [-0.25, -0.2) is 0 Å². The maximum Gasteiger partial charge on any atom is 0.307 e. The van der Waals surface area contributed by atoms with E-state index in [2.05, 4.69) is 0 Å². The van der Waals surface area contributed by atoms with Crippen molar-refractivity contribution in [1.29, 1.82) is 0 Å². The predicted octanol–water partition coefficient (Wildman–Crippen LogP) is 1.35. The highest BCUT2D eigenvalue weighted by atomic mass is 16.4. The van der Waals surface area contributed by atoms with E-state index in [1.54, 1.807) is 11.8 Å². The molecule has 0 radical (unpaired) electrons. The molecule has 1 aliphatic heterocycles. The van der Waals surface area contributed by atoms with E-state index < -0.39 is 17.9 Å². The third kappa shape index (κ3) is 3.81. The average Bonchev–Trinajstić information content (AvgIpc) is 2.74. The van der Waals surface area contributed by atoms with Crippen LogP contribution < -0.4 is 0 Å². The molecule has 0 aliphatic carbocycles. The molecule has 1 rings (SSSR count).